The lowest BCUT2D eigenvalue weighted by Crippen LogP contribution is -2.58. The van der Waals surface area contributed by atoms with Crippen molar-refractivity contribution < 1.29 is 19.2 Å². The fourth-order valence-corrected chi connectivity index (χ4v) is 4.49. The van der Waals surface area contributed by atoms with E-state index in [-0.39, 0.29) is 27.6 Å². The highest BCUT2D eigenvalue weighted by Crippen LogP contribution is 2.20. The van der Waals surface area contributed by atoms with Crippen LogP contribution in [0.5, 0.6) is 0 Å². The number of thiocarbonyl (C=S) groups is 2. The summed E-state index contributed by atoms with van der Waals surface area (Å²) < 4.78 is 0. The normalized spacial score (nSPS) is 17.4. The number of rotatable bonds is 7. The van der Waals surface area contributed by atoms with Crippen LogP contribution in [0.2, 0.25) is 0 Å². The summed E-state index contributed by atoms with van der Waals surface area (Å²) in [6.07, 6.45) is 11.0. The monoisotopic (exact) mass is 541 g/mol. The summed E-state index contributed by atoms with van der Waals surface area (Å²) in [4.78, 5) is 59.7. The maximum Gasteiger partial charge on any atom is 0.265 e. The van der Waals surface area contributed by atoms with Crippen molar-refractivity contribution in [3.63, 3.8) is 0 Å². The van der Waals surface area contributed by atoms with E-state index in [1.54, 1.807) is 52.2 Å². The zero-order valence-electron chi connectivity index (χ0n) is 21.4. The molecule has 0 atom stereocenters. The molecule has 1 aromatic rings. The molecule has 3 heterocycles. The minimum atomic E-state index is -0.967. The molecule has 11 heteroatoms. The third-order valence-corrected chi connectivity index (χ3v) is 6.44. The van der Waals surface area contributed by atoms with Crippen LogP contribution in [0.15, 0.2) is 66.5 Å². The average Bonchev–Trinajstić information content (AvgIpc) is 2.89. The molecule has 1 aromatic heterocycles. The van der Waals surface area contributed by atoms with Crippen molar-refractivity contribution in [3.8, 4) is 0 Å². The molecule has 0 spiro atoms. The SMILES string of the molecule is CCN1C(=O)C(=C/C=C/C=C/C2C(=O)N(CC)C(=S)N(CC)C2=O)C(=O)N(CC)C1=S.c1ccncc1. The molecule has 2 saturated heterocycles. The van der Waals surface area contributed by atoms with Gasteiger partial charge in [0.25, 0.3) is 11.8 Å². The molecule has 0 saturated carbocycles. The molecule has 2 aliphatic rings. The summed E-state index contributed by atoms with van der Waals surface area (Å²) in [5.74, 6) is -2.59. The second kappa shape index (κ2) is 14.2. The van der Waals surface area contributed by atoms with Crippen LogP contribution in [0.3, 0.4) is 0 Å². The molecular formula is C26H31N5O4S2. The third kappa shape index (κ3) is 6.80. The number of amides is 4. The Bertz CT molecular complexity index is 1050. The van der Waals surface area contributed by atoms with Gasteiger partial charge < -0.3 is 0 Å². The topological polar surface area (TPSA) is 94.1 Å². The Balaban J connectivity index is 0.000000700. The first-order valence-corrected chi connectivity index (χ1v) is 12.8. The molecule has 9 nitrogen and oxygen atoms in total. The van der Waals surface area contributed by atoms with E-state index < -0.39 is 17.7 Å². The van der Waals surface area contributed by atoms with Gasteiger partial charge in [-0.25, -0.2) is 0 Å². The second-order valence-corrected chi connectivity index (χ2v) is 8.41. The predicted molar refractivity (Wildman–Crippen MR) is 149 cm³/mol. The summed E-state index contributed by atoms with van der Waals surface area (Å²) in [6, 6.07) is 5.72. The maximum absolute atomic E-state index is 12.6. The van der Waals surface area contributed by atoms with Gasteiger partial charge in [-0.05, 0) is 70.3 Å². The van der Waals surface area contributed by atoms with Crippen LogP contribution < -0.4 is 0 Å². The molecule has 0 aromatic carbocycles. The molecule has 0 aliphatic carbocycles. The number of aromatic nitrogens is 1. The lowest BCUT2D eigenvalue weighted by molar-refractivity contribution is -0.144. The molecule has 4 amide bonds. The zero-order valence-corrected chi connectivity index (χ0v) is 23.0. The molecule has 0 radical (unpaired) electrons. The first-order chi connectivity index (χ1) is 17.7. The Kier molecular flexibility index (Phi) is 11.4. The van der Waals surface area contributed by atoms with Crippen LogP contribution in [0.25, 0.3) is 0 Å². The van der Waals surface area contributed by atoms with Crippen molar-refractivity contribution in [2.45, 2.75) is 27.7 Å². The van der Waals surface area contributed by atoms with Gasteiger partial charge in [0.2, 0.25) is 11.8 Å². The number of carbonyl (C=O) groups is 4. The minimum absolute atomic E-state index is 0.00596. The maximum atomic E-state index is 12.6. The fourth-order valence-electron chi connectivity index (χ4n) is 3.63. The first-order valence-electron chi connectivity index (χ1n) is 12.0. The lowest BCUT2D eigenvalue weighted by atomic mass is 10.0. The second-order valence-electron chi connectivity index (χ2n) is 7.68. The van der Waals surface area contributed by atoms with Crippen molar-refractivity contribution in [1.29, 1.82) is 0 Å². The van der Waals surface area contributed by atoms with Gasteiger partial charge in [0, 0.05) is 38.6 Å². The van der Waals surface area contributed by atoms with Crippen molar-refractivity contribution in [2.75, 3.05) is 26.2 Å². The summed E-state index contributed by atoms with van der Waals surface area (Å²) in [6.45, 7) is 8.63. The van der Waals surface area contributed by atoms with Crippen LogP contribution >= 0.6 is 24.4 Å². The minimum Gasteiger partial charge on any atom is -0.288 e. The van der Waals surface area contributed by atoms with E-state index in [9.17, 15) is 19.2 Å². The highest BCUT2D eigenvalue weighted by molar-refractivity contribution is 7.80. The van der Waals surface area contributed by atoms with E-state index in [1.165, 1.54) is 37.8 Å². The smallest absolute Gasteiger partial charge is 0.265 e. The zero-order chi connectivity index (χ0) is 27.5. The lowest BCUT2D eigenvalue weighted by Gasteiger charge is -2.37. The summed E-state index contributed by atoms with van der Waals surface area (Å²) in [7, 11) is 0. The number of hydrogen-bond donors (Lipinski definition) is 0. The Morgan fingerprint density at radius 1 is 0.703 bits per heavy atom. The van der Waals surface area contributed by atoms with Gasteiger partial charge in [0.05, 0.1) is 0 Å². The summed E-state index contributed by atoms with van der Waals surface area (Å²) >= 11 is 10.5. The number of nitrogens with zero attached hydrogens (tertiary/aromatic N) is 5. The van der Waals surface area contributed by atoms with Crippen molar-refractivity contribution in [1.82, 2.24) is 24.6 Å². The fraction of sp³-hybridized carbons (Fsp3) is 0.346. The van der Waals surface area contributed by atoms with Crippen LogP contribution in [0.1, 0.15) is 27.7 Å². The molecular weight excluding hydrogens is 510 g/mol. The molecule has 0 bridgehead atoms. The summed E-state index contributed by atoms with van der Waals surface area (Å²) in [5, 5.41) is 0.423. The average molecular weight is 542 g/mol. The molecule has 0 unspecified atom stereocenters. The van der Waals surface area contributed by atoms with Crippen molar-refractivity contribution >= 4 is 58.3 Å². The van der Waals surface area contributed by atoms with E-state index in [1.807, 2.05) is 18.2 Å². The number of pyridine rings is 1. The molecule has 0 N–H and O–H groups in total. The van der Waals surface area contributed by atoms with E-state index in [4.69, 9.17) is 24.4 Å². The number of hydrogen-bond acceptors (Lipinski definition) is 7. The Morgan fingerprint density at radius 2 is 1.16 bits per heavy atom. The van der Waals surface area contributed by atoms with E-state index in [0.29, 0.717) is 26.2 Å². The molecule has 196 valence electrons. The van der Waals surface area contributed by atoms with Crippen LogP contribution in [0.4, 0.5) is 0 Å². The number of carbonyl (C=O) groups excluding carboxylic acids is 4. The third-order valence-electron chi connectivity index (χ3n) is 5.56. The molecule has 37 heavy (non-hydrogen) atoms. The Morgan fingerprint density at radius 3 is 1.54 bits per heavy atom. The van der Waals surface area contributed by atoms with Gasteiger partial charge in [-0.2, -0.15) is 0 Å². The van der Waals surface area contributed by atoms with Gasteiger partial charge in [0.1, 0.15) is 11.5 Å². The first kappa shape index (κ1) is 29.7. The van der Waals surface area contributed by atoms with Gasteiger partial charge in [-0.1, -0.05) is 30.4 Å². The van der Waals surface area contributed by atoms with Crippen LogP contribution in [-0.2, 0) is 19.2 Å². The van der Waals surface area contributed by atoms with E-state index in [0.717, 1.165) is 0 Å². The van der Waals surface area contributed by atoms with Crippen LogP contribution in [-0.4, -0.2) is 84.6 Å². The predicted octanol–water partition coefficient (Wildman–Crippen LogP) is 2.71. The quantitative estimate of drug-likeness (QED) is 0.172. The van der Waals surface area contributed by atoms with Gasteiger partial charge >= 0.3 is 0 Å². The van der Waals surface area contributed by atoms with Crippen LogP contribution in [0, 0.1) is 5.92 Å². The molecule has 3 rings (SSSR count). The number of likely N-dealkylation sites (N-methyl/N-ethyl adjacent to an activating group) is 2. The standard InChI is InChI=1S/C21H26N4O4S2.C5H5N/c1-5-22-16(26)14(17(27)23(6-2)20(22)30)12-10-9-11-13-15-18(28)24(7-3)21(31)25(8-4)19(15)29;1-2-4-6-5-3-1/h9-14H,5-8H2,1-4H3;1-5H/b11-9+,12-10+;. The summed E-state index contributed by atoms with van der Waals surface area (Å²) in [5.41, 5.74) is 0.00596. The Hall–Kier alpha value is -3.57. The Labute approximate surface area is 228 Å². The van der Waals surface area contributed by atoms with Crippen molar-refractivity contribution in [2.24, 2.45) is 5.92 Å². The number of allylic oxidation sites excluding steroid dienone is 4. The van der Waals surface area contributed by atoms with Gasteiger partial charge in [-0.15, -0.1) is 0 Å². The molecule has 2 aliphatic heterocycles. The van der Waals surface area contributed by atoms with E-state index >= 15 is 0 Å². The largest absolute Gasteiger partial charge is 0.288 e. The van der Waals surface area contributed by atoms with E-state index in [2.05, 4.69) is 4.98 Å². The highest BCUT2D eigenvalue weighted by atomic mass is 32.1. The molecule has 2 fully saturated rings. The van der Waals surface area contributed by atoms with Crippen molar-refractivity contribution in [3.05, 3.63) is 66.5 Å². The van der Waals surface area contributed by atoms with Gasteiger partial charge in [-0.3, -0.25) is 43.8 Å². The highest BCUT2D eigenvalue weighted by Gasteiger charge is 2.41. The van der Waals surface area contributed by atoms with Gasteiger partial charge in [0.15, 0.2) is 10.2 Å².